The van der Waals surface area contributed by atoms with E-state index in [4.69, 9.17) is 0 Å². The molecule has 0 radical (unpaired) electrons. The van der Waals surface area contributed by atoms with Crippen LogP contribution in [0, 0.1) is 0 Å². The third-order valence-corrected chi connectivity index (χ3v) is 3.72. The minimum absolute atomic E-state index is 0.972. The zero-order valence-electron chi connectivity index (χ0n) is 8.09. The molecular weight excluding hydrogens is 258 g/mol. The van der Waals surface area contributed by atoms with Crippen molar-refractivity contribution in [1.29, 1.82) is 0 Å². The lowest BCUT2D eigenvalue weighted by atomic mass is 10.1. The van der Waals surface area contributed by atoms with Crippen LogP contribution in [0.3, 0.4) is 0 Å². The first-order valence-electron chi connectivity index (χ1n) is 4.84. The molecule has 0 aliphatic heterocycles. The normalized spacial score (nSPS) is 11.0. The second-order valence-corrected chi connectivity index (χ2v) is 5.68. The number of unbranched alkanes of at least 4 members (excludes halogenated alkanes) is 1. The van der Waals surface area contributed by atoms with Crippen LogP contribution in [0.25, 0.3) is 10.2 Å². The van der Waals surface area contributed by atoms with Crippen molar-refractivity contribution in [2.75, 3.05) is 0 Å². The number of thiazole rings is 1. The topological polar surface area (TPSA) is 12.9 Å². The van der Waals surface area contributed by atoms with Gasteiger partial charge < -0.3 is 0 Å². The van der Waals surface area contributed by atoms with Crippen LogP contribution in [0.1, 0.15) is 25.3 Å². The Labute approximate surface area is 96.3 Å². The summed E-state index contributed by atoms with van der Waals surface area (Å²) in [5.74, 6) is 0. The zero-order chi connectivity index (χ0) is 9.97. The van der Waals surface area contributed by atoms with Gasteiger partial charge in [-0.1, -0.05) is 19.4 Å². The van der Waals surface area contributed by atoms with Gasteiger partial charge >= 0.3 is 0 Å². The fraction of sp³-hybridized carbons (Fsp3) is 0.364. The van der Waals surface area contributed by atoms with Gasteiger partial charge in [-0.05, 0) is 46.5 Å². The van der Waals surface area contributed by atoms with Crippen molar-refractivity contribution in [2.45, 2.75) is 26.2 Å². The Kier molecular flexibility index (Phi) is 3.19. The molecular formula is C11H12BrNS. The molecule has 1 heterocycles. The van der Waals surface area contributed by atoms with Crippen molar-refractivity contribution in [3.63, 3.8) is 0 Å². The fourth-order valence-corrected chi connectivity index (χ4v) is 2.95. The molecule has 2 rings (SSSR count). The summed E-state index contributed by atoms with van der Waals surface area (Å²) in [5, 5.41) is 0. The number of aromatic nitrogens is 1. The van der Waals surface area contributed by atoms with Gasteiger partial charge in [0.1, 0.15) is 0 Å². The largest absolute Gasteiger partial charge is 0.229 e. The Balaban J connectivity index is 2.31. The SMILES string of the molecule is CCCCc1ccc2nc(Br)sc2c1. The van der Waals surface area contributed by atoms with E-state index >= 15 is 0 Å². The number of hydrogen-bond donors (Lipinski definition) is 0. The van der Waals surface area contributed by atoms with Crippen LogP contribution in [0.2, 0.25) is 0 Å². The average Bonchev–Trinajstić information content (AvgIpc) is 2.54. The number of benzene rings is 1. The first kappa shape index (κ1) is 10.1. The molecule has 0 saturated heterocycles. The number of rotatable bonds is 3. The van der Waals surface area contributed by atoms with Crippen LogP contribution >= 0.6 is 27.3 Å². The van der Waals surface area contributed by atoms with E-state index in [0.717, 1.165) is 9.43 Å². The second kappa shape index (κ2) is 4.41. The molecule has 0 N–H and O–H groups in total. The summed E-state index contributed by atoms with van der Waals surface area (Å²) in [6.45, 7) is 2.22. The van der Waals surface area contributed by atoms with Gasteiger partial charge in [0.2, 0.25) is 0 Å². The summed E-state index contributed by atoms with van der Waals surface area (Å²) in [6, 6.07) is 6.55. The first-order valence-corrected chi connectivity index (χ1v) is 6.45. The molecule has 0 aliphatic rings. The van der Waals surface area contributed by atoms with E-state index in [9.17, 15) is 0 Å². The van der Waals surface area contributed by atoms with Gasteiger partial charge in [0.05, 0.1) is 10.2 Å². The predicted molar refractivity (Wildman–Crippen MR) is 65.9 cm³/mol. The summed E-state index contributed by atoms with van der Waals surface area (Å²) in [5.41, 5.74) is 2.53. The van der Waals surface area contributed by atoms with Crippen LogP contribution in [-0.2, 0) is 6.42 Å². The van der Waals surface area contributed by atoms with Gasteiger partial charge in [-0.25, -0.2) is 4.98 Å². The van der Waals surface area contributed by atoms with E-state index in [1.54, 1.807) is 11.3 Å². The molecule has 1 aromatic carbocycles. The molecule has 1 aromatic heterocycles. The van der Waals surface area contributed by atoms with Crippen LogP contribution < -0.4 is 0 Å². The van der Waals surface area contributed by atoms with Gasteiger partial charge in [-0.2, -0.15) is 0 Å². The minimum atomic E-state index is 0.972. The maximum Gasteiger partial charge on any atom is 0.160 e. The number of aryl methyl sites for hydroxylation is 1. The molecule has 0 saturated carbocycles. The summed E-state index contributed by atoms with van der Waals surface area (Å²) >= 11 is 5.11. The van der Waals surface area contributed by atoms with E-state index in [-0.39, 0.29) is 0 Å². The standard InChI is InChI=1S/C11H12BrNS/c1-2-3-4-8-5-6-9-10(7-8)14-11(12)13-9/h5-7H,2-4H2,1H3. The van der Waals surface area contributed by atoms with Crippen molar-refractivity contribution >= 4 is 37.5 Å². The highest BCUT2D eigenvalue weighted by atomic mass is 79.9. The Hall–Kier alpha value is -0.410. The van der Waals surface area contributed by atoms with Gasteiger partial charge in [-0.15, -0.1) is 11.3 Å². The summed E-state index contributed by atoms with van der Waals surface area (Å²) in [7, 11) is 0. The quantitative estimate of drug-likeness (QED) is 0.805. The minimum Gasteiger partial charge on any atom is -0.229 e. The van der Waals surface area contributed by atoms with Crippen molar-refractivity contribution < 1.29 is 0 Å². The van der Waals surface area contributed by atoms with E-state index in [1.165, 1.54) is 29.5 Å². The maximum absolute atomic E-state index is 4.37. The smallest absolute Gasteiger partial charge is 0.160 e. The molecule has 0 atom stereocenters. The average molecular weight is 270 g/mol. The third-order valence-electron chi connectivity index (χ3n) is 2.25. The Morgan fingerprint density at radius 1 is 1.43 bits per heavy atom. The molecule has 0 spiro atoms. The highest BCUT2D eigenvalue weighted by Crippen LogP contribution is 2.27. The van der Waals surface area contributed by atoms with E-state index in [2.05, 4.69) is 46.0 Å². The summed E-state index contributed by atoms with van der Waals surface area (Å²) in [4.78, 5) is 4.37. The molecule has 14 heavy (non-hydrogen) atoms. The van der Waals surface area contributed by atoms with Crippen molar-refractivity contribution in [3.8, 4) is 0 Å². The van der Waals surface area contributed by atoms with Gasteiger partial charge in [0, 0.05) is 0 Å². The van der Waals surface area contributed by atoms with Crippen molar-refractivity contribution in [3.05, 3.63) is 27.7 Å². The summed E-state index contributed by atoms with van der Waals surface area (Å²) in [6.07, 6.45) is 3.71. The van der Waals surface area contributed by atoms with Gasteiger partial charge in [-0.3, -0.25) is 0 Å². The lowest BCUT2D eigenvalue weighted by Crippen LogP contribution is -1.83. The Morgan fingerprint density at radius 3 is 3.07 bits per heavy atom. The van der Waals surface area contributed by atoms with Gasteiger partial charge in [0.15, 0.2) is 3.92 Å². The molecule has 0 aliphatic carbocycles. The molecule has 1 nitrogen and oxygen atoms in total. The molecule has 74 valence electrons. The number of nitrogens with zero attached hydrogens (tertiary/aromatic N) is 1. The van der Waals surface area contributed by atoms with Crippen molar-refractivity contribution in [1.82, 2.24) is 4.98 Å². The molecule has 3 heteroatoms. The van der Waals surface area contributed by atoms with Crippen LogP contribution in [0.5, 0.6) is 0 Å². The maximum atomic E-state index is 4.37. The highest BCUT2D eigenvalue weighted by Gasteiger charge is 2.01. The highest BCUT2D eigenvalue weighted by molar-refractivity contribution is 9.11. The van der Waals surface area contributed by atoms with E-state index in [0.29, 0.717) is 0 Å². The fourth-order valence-electron chi connectivity index (χ4n) is 1.48. The second-order valence-electron chi connectivity index (χ2n) is 3.37. The van der Waals surface area contributed by atoms with Gasteiger partial charge in [0.25, 0.3) is 0 Å². The lowest BCUT2D eigenvalue weighted by molar-refractivity contribution is 0.796. The summed E-state index contributed by atoms with van der Waals surface area (Å²) < 4.78 is 2.26. The third kappa shape index (κ3) is 2.15. The van der Waals surface area contributed by atoms with Crippen molar-refractivity contribution in [2.24, 2.45) is 0 Å². The first-order chi connectivity index (χ1) is 6.79. The monoisotopic (exact) mass is 269 g/mol. The predicted octanol–water partition coefficient (Wildman–Crippen LogP) is 4.40. The molecule has 0 bridgehead atoms. The lowest BCUT2D eigenvalue weighted by Gasteiger charge is -1.98. The Morgan fingerprint density at radius 2 is 2.29 bits per heavy atom. The van der Waals surface area contributed by atoms with Crippen LogP contribution in [-0.4, -0.2) is 4.98 Å². The van der Waals surface area contributed by atoms with Crippen LogP contribution in [0.15, 0.2) is 22.1 Å². The number of halogens is 1. The molecule has 2 aromatic rings. The number of fused-ring (bicyclic) bond motifs is 1. The van der Waals surface area contributed by atoms with Crippen LogP contribution in [0.4, 0.5) is 0 Å². The van der Waals surface area contributed by atoms with E-state index in [1.807, 2.05) is 0 Å². The van der Waals surface area contributed by atoms with E-state index < -0.39 is 0 Å². The zero-order valence-corrected chi connectivity index (χ0v) is 10.5. The number of hydrogen-bond acceptors (Lipinski definition) is 2. The molecule has 0 fully saturated rings. The Bertz CT molecular complexity index is 436. The molecule has 0 amide bonds. The molecule has 0 unspecified atom stereocenters.